The molecule has 1 amide bonds. The lowest BCUT2D eigenvalue weighted by atomic mass is 10.1. The molecular formula is C19H23ClN4O. The minimum Gasteiger partial charge on any atom is -0.366 e. The number of nitrogens with one attached hydrogen (secondary N) is 2. The molecule has 4 N–H and O–H groups in total. The average Bonchev–Trinajstić information content (AvgIpc) is 2.61. The maximum absolute atomic E-state index is 11.2. The van der Waals surface area contributed by atoms with Crippen LogP contribution in [0, 0.1) is 0 Å². The number of rotatable bonds is 7. The van der Waals surface area contributed by atoms with Crippen molar-refractivity contribution in [3.8, 4) is 0 Å². The zero-order chi connectivity index (χ0) is 18.1. The number of benzene rings is 2. The van der Waals surface area contributed by atoms with Crippen LogP contribution in [-0.2, 0) is 13.0 Å². The number of hydrogen-bond acceptors (Lipinski definition) is 2. The van der Waals surface area contributed by atoms with Gasteiger partial charge in [-0.3, -0.25) is 4.79 Å². The molecule has 0 aliphatic rings. The maximum atomic E-state index is 11.2. The molecular weight excluding hydrogens is 336 g/mol. The lowest BCUT2D eigenvalue weighted by molar-refractivity contribution is 0.1000. The second-order valence-electron chi connectivity index (χ2n) is 5.53. The van der Waals surface area contributed by atoms with Gasteiger partial charge in [0.15, 0.2) is 5.96 Å². The Bertz CT molecular complexity index is 746. The molecule has 0 atom stereocenters. The van der Waals surface area contributed by atoms with Gasteiger partial charge < -0.3 is 16.4 Å². The van der Waals surface area contributed by atoms with Gasteiger partial charge in [-0.15, -0.1) is 0 Å². The Morgan fingerprint density at radius 1 is 1.16 bits per heavy atom. The highest BCUT2D eigenvalue weighted by atomic mass is 35.5. The normalized spacial score (nSPS) is 11.2. The highest BCUT2D eigenvalue weighted by Gasteiger charge is 2.03. The van der Waals surface area contributed by atoms with Crippen LogP contribution >= 0.6 is 11.6 Å². The number of aliphatic imine (C=N–C) groups is 1. The van der Waals surface area contributed by atoms with E-state index in [1.54, 1.807) is 12.1 Å². The van der Waals surface area contributed by atoms with E-state index < -0.39 is 5.91 Å². The number of carbonyl (C=O) groups excluding carboxylic acids is 1. The quantitative estimate of drug-likeness (QED) is 0.526. The molecule has 0 aromatic heterocycles. The number of halogens is 1. The maximum Gasteiger partial charge on any atom is 0.248 e. The summed E-state index contributed by atoms with van der Waals surface area (Å²) in [6, 6.07) is 15.0. The standard InChI is InChI=1S/C19H23ClN4O/c1-2-22-19(23-11-10-15-7-3-4-9-17(15)20)24-13-14-6-5-8-16(12-14)18(21)25/h3-9,12H,2,10-11,13H2,1H3,(H2,21,25)(H2,22,23,24). The Balaban J connectivity index is 1.95. The van der Waals surface area contributed by atoms with Crippen molar-refractivity contribution in [2.24, 2.45) is 10.7 Å². The summed E-state index contributed by atoms with van der Waals surface area (Å²) in [6.45, 7) is 3.96. The molecule has 0 saturated carbocycles. The number of guanidine groups is 1. The van der Waals surface area contributed by atoms with Crippen LogP contribution in [0.4, 0.5) is 0 Å². The lowest BCUT2D eigenvalue weighted by Crippen LogP contribution is -2.38. The lowest BCUT2D eigenvalue weighted by Gasteiger charge is -2.12. The summed E-state index contributed by atoms with van der Waals surface area (Å²) in [4.78, 5) is 15.8. The number of nitrogens with two attached hydrogens (primary N) is 1. The summed E-state index contributed by atoms with van der Waals surface area (Å²) >= 11 is 6.17. The topological polar surface area (TPSA) is 79.5 Å². The first kappa shape index (κ1) is 18.8. The summed E-state index contributed by atoms with van der Waals surface area (Å²) in [5, 5.41) is 7.27. The Kier molecular flexibility index (Phi) is 7.29. The van der Waals surface area contributed by atoms with E-state index in [1.165, 1.54) is 0 Å². The summed E-state index contributed by atoms with van der Waals surface area (Å²) in [5.74, 6) is 0.287. The van der Waals surface area contributed by atoms with Gasteiger partial charge in [0.25, 0.3) is 0 Å². The van der Waals surface area contributed by atoms with Crippen LogP contribution in [-0.4, -0.2) is 25.0 Å². The summed E-state index contributed by atoms with van der Waals surface area (Å²) in [5.41, 5.74) is 7.83. The van der Waals surface area contributed by atoms with E-state index in [0.717, 1.165) is 41.6 Å². The Morgan fingerprint density at radius 3 is 2.68 bits per heavy atom. The van der Waals surface area contributed by atoms with Crippen molar-refractivity contribution in [3.63, 3.8) is 0 Å². The number of nitrogens with zero attached hydrogens (tertiary/aromatic N) is 1. The van der Waals surface area contributed by atoms with E-state index in [0.29, 0.717) is 12.1 Å². The molecule has 5 nitrogen and oxygen atoms in total. The third kappa shape index (κ3) is 6.12. The predicted molar refractivity (Wildman–Crippen MR) is 103 cm³/mol. The summed E-state index contributed by atoms with van der Waals surface area (Å²) in [7, 11) is 0. The van der Waals surface area contributed by atoms with Crippen LogP contribution in [0.1, 0.15) is 28.4 Å². The number of primary amides is 1. The van der Waals surface area contributed by atoms with Gasteiger partial charge >= 0.3 is 0 Å². The second-order valence-corrected chi connectivity index (χ2v) is 5.94. The van der Waals surface area contributed by atoms with E-state index in [9.17, 15) is 4.79 Å². The third-order valence-electron chi connectivity index (χ3n) is 3.62. The molecule has 0 fully saturated rings. The molecule has 0 unspecified atom stereocenters. The van der Waals surface area contributed by atoms with Crippen LogP contribution in [0.3, 0.4) is 0 Å². The first-order valence-corrected chi connectivity index (χ1v) is 8.62. The molecule has 132 valence electrons. The first-order valence-electron chi connectivity index (χ1n) is 8.24. The fraction of sp³-hybridized carbons (Fsp3) is 0.263. The molecule has 2 aromatic carbocycles. The van der Waals surface area contributed by atoms with Crippen LogP contribution in [0.25, 0.3) is 0 Å². The molecule has 0 heterocycles. The van der Waals surface area contributed by atoms with Gasteiger partial charge in [-0.05, 0) is 42.7 Å². The van der Waals surface area contributed by atoms with Gasteiger partial charge in [0, 0.05) is 23.7 Å². The molecule has 2 rings (SSSR count). The largest absolute Gasteiger partial charge is 0.366 e. The third-order valence-corrected chi connectivity index (χ3v) is 3.99. The SMILES string of the molecule is CCNC(=NCc1cccc(C(N)=O)c1)NCCc1ccccc1Cl. The fourth-order valence-electron chi connectivity index (χ4n) is 2.35. The monoisotopic (exact) mass is 358 g/mol. The molecule has 0 radical (unpaired) electrons. The molecule has 0 saturated heterocycles. The minimum absolute atomic E-state index is 0.435. The van der Waals surface area contributed by atoms with Crippen molar-refractivity contribution in [1.29, 1.82) is 0 Å². The highest BCUT2D eigenvalue weighted by Crippen LogP contribution is 2.14. The number of carbonyl (C=O) groups is 1. The first-order chi connectivity index (χ1) is 12.1. The van der Waals surface area contributed by atoms with E-state index in [4.69, 9.17) is 17.3 Å². The number of amides is 1. The molecule has 0 bridgehead atoms. The van der Waals surface area contributed by atoms with Crippen molar-refractivity contribution in [3.05, 3.63) is 70.2 Å². The van der Waals surface area contributed by atoms with E-state index >= 15 is 0 Å². The fourth-order valence-corrected chi connectivity index (χ4v) is 2.58. The highest BCUT2D eigenvalue weighted by molar-refractivity contribution is 6.31. The van der Waals surface area contributed by atoms with Gasteiger partial charge in [0.05, 0.1) is 6.54 Å². The smallest absolute Gasteiger partial charge is 0.248 e. The molecule has 2 aromatic rings. The summed E-state index contributed by atoms with van der Waals surface area (Å²) < 4.78 is 0. The Labute approximate surface area is 153 Å². The zero-order valence-electron chi connectivity index (χ0n) is 14.3. The van der Waals surface area contributed by atoms with Crippen molar-refractivity contribution in [2.75, 3.05) is 13.1 Å². The molecule has 25 heavy (non-hydrogen) atoms. The predicted octanol–water partition coefficient (Wildman–Crippen LogP) is 2.74. The van der Waals surface area contributed by atoms with Crippen LogP contribution in [0.5, 0.6) is 0 Å². The Hall–Kier alpha value is -2.53. The van der Waals surface area contributed by atoms with Gasteiger partial charge in [0.2, 0.25) is 5.91 Å². The van der Waals surface area contributed by atoms with E-state index in [1.807, 2.05) is 43.3 Å². The van der Waals surface area contributed by atoms with Crippen molar-refractivity contribution >= 4 is 23.5 Å². The van der Waals surface area contributed by atoms with Crippen molar-refractivity contribution in [1.82, 2.24) is 10.6 Å². The van der Waals surface area contributed by atoms with Gasteiger partial charge in [-0.1, -0.05) is 41.9 Å². The van der Waals surface area contributed by atoms with Gasteiger partial charge in [-0.2, -0.15) is 0 Å². The van der Waals surface area contributed by atoms with Crippen molar-refractivity contribution < 1.29 is 4.79 Å². The van der Waals surface area contributed by atoms with Crippen LogP contribution in [0.2, 0.25) is 5.02 Å². The number of hydrogen-bond donors (Lipinski definition) is 3. The zero-order valence-corrected chi connectivity index (χ0v) is 15.0. The van der Waals surface area contributed by atoms with Crippen LogP contribution < -0.4 is 16.4 Å². The Morgan fingerprint density at radius 2 is 1.96 bits per heavy atom. The minimum atomic E-state index is -0.435. The molecule has 0 aliphatic heterocycles. The van der Waals surface area contributed by atoms with Crippen LogP contribution in [0.15, 0.2) is 53.5 Å². The molecule has 6 heteroatoms. The average molecular weight is 359 g/mol. The van der Waals surface area contributed by atoms with Gasteiger partial charge in [-0.25, -0.2) is 4.99 Å². The summed E-state index contributed by atoms with van der Waals surface area (Å²) in [6.07, 6.45) is 0.807. The molecule has 0 spiro atoms. The van der Waals surface area contributed by atoms with Crippen molar-refractivity contribution in [2.45, 2.75) is 19.9 Å². The van der Waals surface area contributed by atoms with Gasteiger partial charge in [0.1, 0.15) is 0 Å². The van der Waals surface area contributed by atoms with E-state index in [-0.39, 0.29) is 0 Å². The van der Waals surface area contributed by atoms with E-state index in [2.05, 4.69) is 15.6 Å². The second kappa shape index (κ2) is 9.69. The molecule has 0 aliphatic carbocycles.